The fourth-order valence-corrected chi connectivity index (χ4v) is 4.09. The molecule has 1 saturated heterocycles. The Morgan fingerprint density at radius 3 is 2.86 bits per heavy atom. The number of para-hydroxylation sites is 1. The monoisotopic (exact) mass is 308 g/mol. The maximum absolute atomic E-state index is 4.88. The zero-order valence-electron chi connectivity index (χ0n) is 12.8. The van der Waals surface area contributed by atoms with Crippen molar-refractivity contribution in [1.29, 1.82) is 0 Å². The summed E-state index contributed by atoms with van der Waals surface area (Å²) in [5.41, 5.74) is 3.55. The van der Waals surface area contributed by atoms with Gasteiger partial charge in [-0.1, -0.05) is 24.3 Å². The van der Waals surface area contributed by atoms with Gasteiger partial charge in [0.25, 0.3) is 0 Å². The van der Waals surface area contributed by atoms with Crippen molar-refractivity contribution in [3.05, 3.63) is 47.8 Å². The largest absolute Gasteiger partial charge is 0.368 e. The Labute approximate surface area is 135 Å². The third kappa shape index (κ3) is 2.40. The van der Waals surface area contributed by atoms with Gasteiger partial charge in [0.05, 0.1) is 16.1 Å². The van der Waals surface area contributed by atoms with Crippen molar-refractivity contribution < 1.29 is 0 Å². The van der Waals surface area contributed by atoms with Crippen LogP contribution in [-0.4, -0.2) is 17.6 Å². The summed E-state index contributed by atoms with van der Waals surface area (Å²) in [6.07, 6.45) is 3.92. The van der Waals surface area contributed by atoms with Crippen LogP contribution in [0.5, 0.6) is 0 Å². The fourth-order valence-electron chi connectivity index (χ4n) is 3.40. The Hall–Kier alpha value is -1.87. The summed E-state index contributed by atoms with van der Waals surface area (Å²) in [5.74, 6) is 0. The molecule has 0 amide bonds. The molecule has 0 spiro atoms. The number of rotatable bonds is 2. The minimum atomic E-state index is 0.607. The number of benzene rings is 1. The van der Waals surface area contributed by atoms with Gasteiger partial charge in [-0.15, -0.1) is 11.3 Å². The summed E-state index contributed by atoms with van der Waals surface area (Å²) < 4.78 is 0. The molecule has 3 heterocycles. The summed E-state index contributed by atoms with van der Waals surface area (Å²) in [7, 11) is 0. The Bertz CT molecular complexity index is 779. The normalized spacial score (nSPS) is 18.8. The van der Waals surface area contributed by atoms with Gasteiger partial charge in [-0.05, 0) is 49.8 Å². The lowest BCUT2D eigenvalue weighted by Crippen LogP contribution is -2.37. The van der Waals surface area contributed by atoms with E-state index in [1.54, 1.807) is 11.3 Å². The zero-order valence-corrected chi connectivity index (χ0v) is 13.6. The Kier molecular flexibility index (Phi) is 3.59. The predicted molar refractivity (Wildman–Crippen MR) is 95.7 cm³/mol. The van der Waals surface area contributed by atoms with E-state index in [0.717, 1.165) is 17.8 Å². The van der Waals surface area contributed by atoms with Gasteiger partial charge < -0.3 is 4.90 Å². The van der Waals surface area contributed by atoms with Crippen molar-refractivity contribution in [2.75, 3.05) is 11.4 Å². The van der Waals surface area contributed by atoms with Gasteiger partial charge >= 0.3 is 0 Å². The van der Waals surface area contributed by atoms with E-state index >= 15 is 0 Å². The number of anilines is 1. The highest BCUT2D eigenvalue weighted by Crippen LogP contribution is 2.35. The minimum Gasteiger partial charge on any atom is -0.368 e. The molecule has 0 unspecified atom stereocenters. The number of nitrogens with zero attached hydrogens (tertiary/aromatic N) is 2. The predicted octanol–water partition coefficient (Wildman–Crippen LogP) is 5.34. The second-order valence-electron chi connectivity index (χ2n) is 6.06. The molecule has 0 radical (unpaired) electrons. The highest BCUT2D eigenvalue weighted by atomic mass is 32.1. The number of pyridine rings is 1. The van der Waals surface area contributed by atoms with Gasteiger partial charge in [-0.2, -0.15) is 0 Å². The average Bonchev–Trinajstić information content (AvgIpc) is 3.09. The number of hydrogen-bond donors (Lipinski definition) is 0. The summed E-state index contributed by atoms with van der Waals surface area (Å²) in [6.45, 7) is 3.50. The second kappa shape index (κ2) is 5.73. The number of thiophene rings is 1. The molecule has 1 atom stereocenters. The molecule has 1 fully saturated rings. The van der Waals surface area contributed by atoms with E-state index in [2.05, 4.69) is 59.7 Å². The van der Waals surface area contributed by atoms with E-state index in [1.807, 2.05) is 0 Å². The molecule has 1 aliphatic heterocycles. The highest BCUT2D eigenvalue weighted by Gasteiger charge is 2.21. The topological polar surface area (TPSA) is 16.1 Å². The van der Waals surface area contributed by atoms with Gasteiger partial charge in [0.1, 0.15) is 0 Å². The van der Waals surface area contributed by atoms with E-state index < -0.39 is 0 Å². The second-order valence-corrected chi connectivity index (χ2v) is 7.01. The Morgan fingerprint density at radius 1 is 1.14 bits per heavy atom. The molecule has 0 saturated carbocycles. The van der Waals surface area contributed by atoms with Gasteiger partial charge in [0.15, 0.2) is 0 Å². The van der Waals surface area contributed by atoms with Crippen molar-refractivity contribution in [3.63, 3.8) is 0 Å². The number of aromatic nitrogens is 1. The Morgan fingerprint density at radius 2 is 2.05 bits per heavy atom. The SMILES string of the molecule is C[C@H]1CCCCN1c1cc(-c2cccs2)nc2ccccc12. The molecule has 4 rings (SSSR count). The van der Waals surface area contributed by atoms with Gasteiger partial charge in [0.2, 0.25) is 0 Å². The molecule has 22 heavy (non-hydrogen) atoms. The van der Waals surface area contributed by atoms with Crippen molar-refractivity contribution in [2.24, 2.45) is 0 Å². The van der Waals surface area contributed by atoms with Crippen LogP contribution >= 0.6 is 11.3 Å². The molecule has 3 heteroatoms. The maximum atomic E-state index is 4.88. The molecule has 2 aromatic heterocycles. The maximum Gasteiger partial charge on any atom is 0.0830 e. The third-order valence-corrected chi connectivity index (χ3v) is 5.47. The molecular weight excluding hydrogens is 288 g/mol. The van der Waals surface area contributed by atoms with Crippen LogP contribution in [0.4, 0.5) is 5.69 Å². The van der Waals surface area contributed by atoms with Crippen LogP contribution < -0.4 is 4.90 Å². The van der Waals surface area contributed by atoms with Crippen molar-refractivity contribution >= 4 is 27.9 Å². The first-order valence-electron chi connectivity index (χ1n) is 8.03. The average molecular weight is 308 g/mol. The van der Waals surface area contributed by atoms with Crippen molar-refractivity contribution in [3.8, 4) is 10.6 Å². The smallest absolute Gasteiger partial charge is 0.0830 e. The lowest BCUT2D eigenvalue weighted by molar-refractivity contribution is 0.486. The third-order valence-electron chi connectivity index (χ3n) is 4.58. The molecule has 2 nitrogen and oxygen atoms in total. The van der Waals surface area contributed by atoms with Crippen molar-refractivity contribution in [2.45, 2.75) is 32.2 Å². The van der Waals surface area contributed by atoms with Crippen LogP contribution in [0.15, 0.2) is 47.8 Å². The molecular formula is C19H20N2S. The van der Waals surface area contributed by atoms with Crippen LogP contribution in [0.25, 0.3) is 21.5 Å². The van der Waals surface area contributed by atoms with Gasteiger partial charge in [0, 0.05) is 23.7 Å². The van der Waals surface area contributed by atoms with Crippen LogP contribution in [0, 0.1) is 0 Å². The molecule has 3 aromatic rings. The van der Waals surface area contributed by atoms with E-state index in [9.17, 15) is 0 Å². The number of piperidine rings is 1. The fraction of sp³-hybridized carbons (Fsp3) is 0.316. The summed E-state index contributed by atoms with van der Waals surface area (Å²) in [4.78, 5) is 8.70. The van der Waals surface area contributed by atoms with Crippen LogP contribution in [-0.2, 0) is 0 Å². The Balaban J connectivity index is 1.91. The molecule has 0 bridgehead atoms. The minimum absolute atomic E-state index is 0.607. The lowest BCUT2D eigenvalue weighted by Gasteiger charge is -2.36. The standard InChI is InChI=1S/C19H20N2S/c1-14-7-4-5-11-21(14)18-13-17(19-10-6-12-22-19)20-16-9-3-2-8-15(16)18/h2-3,6,8-10,12-14H,4-5,7,11H2,1H3/t14-/m0/s1. The van der Waals surface area contributed by atoms with E-state index in [4.69, 9.17) is 4.98 Å². The first-order chi connectivity index (χ1) is 10.8. The summed E-state index contributed by atoms with van der Waals surface area (Å²) in [6, 6.07) is 15.7. The van der Waals surface area contributed by atoms with E-state index in [0.29, 0.717) is 6.04 Å². The molecule has 0 N–H and O–H groups in total. The van der Waals surface area contributed by atoms with E-state index in [1.165, 1.54) is 35.2 Å². The molecule has 0 aliphatic carbocycles. The first kappa shape index (κ1) is 13.8. The summed E-state index contributed by atoms with van der Waals surface area (Å²) in [5, 5.41) is 3.40. The van der Waals surface area contributed by atoms with Crippen LogP contribution in [0.3, 0.4) is 0 Å². The van der Waals surface area contributed by atoms with Crippen LogP contribution in [0.2, 0.25) is 0 Å². The van der Waals surface area contributed by atoms with Crippen LogP contribution in [0.1, 0.15) is 26.2 Å². The summed E-state index contributed by atoms with van der Waals surface area (Å²) >= 11 is 1.76. The number of fused-ring (bicyclic) bond motifs is 1. The lowest BCUT2D eigenvalue weighted by atomic mass is 10.0. The first-order valence-corrected chi connectivity index (χ1v) is 8.91. The molecule has 1 aromatic carbocycles. The van der Waals surface area contributed by atoms with E-state index in [-0.39, 0.29) is 0 Å². The van der Waals surface area contributed by atoms with Gasteiger partial charge in [-0.3, -0.25) is 0 Å². The zero-order chi connectivity index (χ0) is 14.9. The van der Waals surface area contributed by atoms with Gasteiger partial charge in [-0.25, -0.2) is 4.98 Å². The highest BCUT2D eigenvalue weighted by molar-refractivity contribution is 7.13. The quantitative estimate of drug-likeness (QED) is 0.635. The molecule has 1 aliphatic rings. The number of hydrogen-bond acceptors (Lipinski definition) is 3. The van der Waals surface area contributed by atoms with Crippen molar-refractivity contribution in [1.82, 2.24) is 4.98 Å². The molecule has 112 valence electrons.